The number of piperazine rings is 1. The molecule has 1 aliphatic rings. The maximum atomic E-state index is 12.9. The van der Waals surface area contributed by atoms with Crippen molar-refractivity contribution in [3.63, 3.8) is 0 Å². The van der Waals surface area contributed by atoms with Gasteiger partial charge in [0.25, 0.3) is 17.5 Å². The van der Waals surface area contributed by atoms with Crippen LogP contribution in [0.5, 0.6) is 5.75 Å². The van der Waals surface area contributed by atoms with E-state index in [2.05, 4.69) is 0 Å². The first-order valence-electron chi connectivity index (χ1n) is 9.27. The minimum atomic E-state index is -4.54. The normalized spacial score (nSPS) is 14.3. The predicted octanol–water partition coefficient (Wildman–Crippen LogP) is 2.98. The fourth-order valence-electron chi connectivity index (χ4n) is 3.07. The summed E-state index contributed by atoms with van der Waals surface area (Å²) in [5.41, 5.74) is -1.05. The highest BCUT2D eigenvalue weighted by molar-refractivity contribution is 5.94. The molecule has 0 atom stereocenters. The van der Waals surface area contributed by atoms with Crippen molar-refractivity contribution in [2.45, 2.75) is 6.18 Å². The molecule has 164 valence electrons. The number of carbonyl (C=O) groups excluding carboxylic acids is 2. The fourth-order valence-corrected chi connectivity index (χ4v) is 3.07. The van der Waals surface area contributed by atoms with Crippen molar-refractivity contribution in [1.29, 1.82) is 0 Å². The second-order valence-electron chi connectivity index (χ2n) is 6.79. The number of halogens is 3. The van der Waals surface area contributed by atoms with Crippen LogP contribution < -0.4 is 4.74 Å². The van der Waals surface area contributed by atoms with E-state index in [9.17, 15) is 32.9 Å². The van der Waals surface area contributed by atoms with Gasteiger partial charge in [0.05, 0.1) is 10.5 Å². The van der Waals surface area contributed by atoms with Gasteiger partial charge < -0.3 is 14.5 Å². The van der Waals surface area contributed by atoms with Gasteiger partial charge in [0.1, 0.15) is 5.75 Å². The maximum Gasteiger partial charge on any atom is 0.416 e. The summed E-state index contributed by atoms with van der Waals surface area (Å²) in [4.78, 5) is 37.8. The van der Waals surface area contributed by atoms with Crippen LogP contribution in [0, 0.1) is 10.1 Å². The topological polar surface area (TPSA) is 93.0 Å². The quantitative estimate of drug-likeness (QED) is 0.530. The van der Waals surface area contributed by atoms with Gasteiger partial charge in [-0.05, 0) is 30.3 Å². The minimum Gasteiger partial charge on any atom is -0.484 e. The molecule has 0 spiro atoms. The predicted molar refractivity (Wildman–Crippen MR) is 103 cm³/mol. The molecule has 2 aromatic rings. The molecular formula is C20H18F3N3O5. The van der Waals surface area contributed by atoms with Crippen molar-refractivity contribution in [2.24, 2.45) is 0 Å². The number of carbonyl (C=O) groups is 2. The summed E-state index contributed by atoms with van der Waals surface area (Å²) >= 11 is 0. The summed E-state index contributed by atoms with van der Waals surface area (Å²) < 4.78 is 43.9. The molecule has 0 aliphatic carbocycles. The van der Waals surface area contributed by atoms with E-state index in [1.807, 2.05) is 0 Å². The number of nitrogens with zero attached hydrogens (tertiary/aromatic N) is 3. The summed E-state index contributed by atoms with van der Waals surface area (Å²) in [5, 5.41) is 10.6. The average molecular weight is 437 g/mol. The van der Waals surface area contributed by atoms with E-state index in [1.165, 1.54) is 46.2 Å². The molecule has 0 aromatic heterocycles. The Kier molecular flexibility index (Phi) is 6.42. The molecule has 31 heavy (non-hydrogen) atoms. The molecule has 2 amide bonds. The highest BCUT2D eigenvalue weighted by atomic mass is 19.4. The van der Waals surface area contributed by atoms with Gasteiger partial charge in [-0.25, -0.2) is 0 Å². The van der Waals surface area contributed by atoms with E-state index in [1.54, 1.807) is 0 Å². The lowest BCUT2D eigenvalue weighted by Gasteiger charge is -2.34. The number of rotatable bonds is 5. The number of non-ortho nitro benzene ring substituents is 1. The number of hydrogen-bond acceptors (Lipinski definition) is 5. The molecule has 1 fully saturated rings. The first-order valence-corrected chi connectivity index (χ1v) is 9.27. The summed E-state index contributed by atoms with van der Waals surface area (Å²) in [5.74, 6) is -0.554. The molecule has 0 radical (unpaired) electrons. The number of nitro benzene ring substituents is 1. The van der Waals surface area contributed by atoms with Crippen LogP contribution >= 0.6 is 0 Å². The number of nitro groups is 1. The summed E-state index contributed by atoms with van der Waals surface area (Å²) in [6, 6.07) is 9.53. The van der Waals surface area contributed by atoms with Gasteiger partial charge in [0.2, 0.25) is 0 Å². The Morgan fingerprint density at radius 2 is 1.61 bits per heavy atom. The molecule has 0 N–H and O–H groups in total. The summed E-state index contributed by atoms with van der Waals surface area (Å²) in [7, 11) is 0. The van der Waals surface area contributed by atoms with Crippen LogP contribution in [0.2, 0.25) is 0 Å². The SMILES string of the molecule is O=C(COc1ccc([N+](=O)[O-])cc1)N1CCN(C(=O)c2cccc(C(F)(F)F)c2)CC1. The largest absolute Gasteiger partial charge is 0.484 e. The van der Waals surface area contributed by atoms with E-state index in [0.29, 0.717) is 5.75 Å². The van der Waals surface area contributed by atoms with Gasteiger partial charge in [-0.1, -0.05) is 6.07 Å². The number of amides is 2. The number of benzene rings is 2. The Hall–Kier alpha value is -3.63. The van der Waals surface area contributed by atoms with Crippen LogP contribution in [-0.2, 0) is 11.0 Å². The van der Waals surface area contributed by atoms with Crippen LogP contribution in [0.25, 0.3) is 0 Å². The van der Waals surface area contributed by atoms with Crippen molar-refractivity contribution in [1.82, 2.24) is 9.80 Å². The zero-order chi connectivity index (χ0) is 22.6. The average Bonchev–Trinajstić information content (AvgIpc) is 2.77. The lowest BCUT2D eigenvalue weighted by Crippen LogP contribution is -2.51. The van der Waals surface area contributed by atoms with Crippen LogP contribution in [-0.4, -0.2) is 59.3 Å². The lowest BCUT2D eigenvalue weighted by molar-refractivity contribution is -0.384. The van der Waals surface area contributed by atoms with Gasteiger partial charge in [0, 0.05) is 43.9 Å². The van der Waals surface area contributed by atoms with Gasteiger partial charge in [-0.3, -0.25) is 19.7 Å². The first-order chi connectivity index (χ1) is 14.6. The number of ether oxygens (including phenoxy) is 1. The van der Waals surface area contributed by atoms with Crippen LogP contribution in [0.15, 0.2) is 48.5 Å². The molecule has 0 unspecified atom stereocenters. The van der Waals surface area contributed by atoms with Crippen molar-refractivity contribution in [3.8, 4) is 5.75 Å². The second-order valence-corrected chi connectivity index (χ2v) is 6.79. The standard InChI is InChI=1S/C20H18F3N3O5/c21-20(22,23)15-3-1-2-14(12-15)19(28)25-10-8-24(9-11-25)18(27)13-31-17-6-4-16(5-7-17)26(29)30/h1-7,12H,8-11,13H2. The zero-order valence-electron chi connectivity index (χ0n) is 16.2. The molecule has 0 saturated carbocycles. The van der Waals surface area contributed by atoms with Crippen LogP contribution in [0.1, 0.15) is 15.9 Å². The first kappa shape index (κ1) is 22.1. The van der Waals surface area contributed by atoms with Crippen molar-refractivity contribution < 1.29 is 32.4 Å². The van der Waals surface area contributed by atoms with E-state index < -0.39 is 22.6 Å². The molecule has 1 saturated heterocycles. The van der Waals surface area contributed by atoms with Crippen molar-refractivity contribution in [2.75, 3.05) is 32.8 Å². The maximum absolute atomic E-state index is 12.9. The van der Waals surface area contributed by atoms with Crippen LogP contribution in [0.3, 0.4) is 0 Å². The smallest absolute Gasteiger partial charge is 0.416 e. The highest BCUT2D eigenvalue weighted by Crippen LogP contribution is 2.29. The Bertz CT molecular complexity index is 971. The van der Waals surface area contributed by atoms with E-state index in [4.69, 9.17) is 4.74 Å². The Morgan fingerprint density at radius 1 is 1.00 bits per heavy atom. The molecule has 8 nitrogen and oxygen atoms in total. The van der Waals surface area contributed by atoms with Crippen molar-refractivity contribution >= 4 is 17.5 Å². The van der Waals surface area contributed by atoms with Gasteiger partial charge in [0.15, 0.2) is 6.61 Å². The zero-order valence-corrected chi connectivity index (χ0v) is 16.2. The van der Waals surface area contributed by atoms with E-state index >= 15 is 0 Å². The van der Waals surface area contributed by atoms with E-state index in [0.717, 1.165) is 12.1 Å². The third-order valence-corrected chi connectivity index (χ3v) is 4.77. The number of alkyl halides is 3. The molecule has 1 aliphatic heterocycles. The third-order valence-electron chi connectivity index (χ3n) is 4.77. The third kappa shape index (κ3) is 5.50. The Balaban J connectivity index is 1.51. The molecule has 0 bridgehead atoms. The molecule has 2 aromatic carbocycles. The Morgan fingerprint density at radius 3 is 2.19 bits per heavy atom. The summed E-state index contributed by atoms with van der Waals surface area (Å²) in [6.45, 7) is 0.510. The molecule has 11 heteroatoms. The fraction of sp³-hybridized carbons (Fsp3) is 0.300. The Labute approximate surface area is 175 Å². The second kappa shape index (κ2) is 9.02. The molecule has 1 heterocycles. The monoisotopic (exact) mass is 437 g/mol. The molecular weight excluding hydrogens is 419 g/mol. The lowest BCUT2D eigenvalue weighted by atomic mass is 10.1. The van der Waals surface area contributed by atoms with Crippen molar-refractivity contribution in [3.05, 3.63) is 69.8 Å². The number of hydrogen-bond donors (Lipinski definition) is 0. The van der Waals surface area contributed by atoms with Crippen LogP contribution in [0.4, 0.5) is 18.9 Å². The summed E-state index contributed by atoms with van der Waals surface area (Å²) in [6.07, 6.45) is -4.54. The van der Waals surface area contributed by atoms with Gasteiger partial charge >= 0.3 is 6.18 Å². The van der Waals surface area contributed by atoms with Gasteiger partial charge in [-0.2, -0.15) is 13.2 Å². The molecule has 3 rings (SSSR count). The van der Waals surface area contributed by atoms with Gasteiger partial charge in [-0.15, -0.1) is 0 Å². The minimum absolute atomic E-state index is 0.0592. The van der Waals surface area contributed by atoms with E-state index in [-0.39, 0.29) is 49.9 Å². The highest BCUT2D eigenvalue weighted by Gasteiger charge is 2.32.